The molecule has 1 fully saturated rings. The molecule has 1 aliphatic rings. The molecule has 0 aromatic rings. The molecule has 106 valence electrons. The van der Waals surface area contributed by atoms with E-state index >= 15 is 0 Å². The number of carbonyl (C=O) groups excluding carboxylic acids is 1. The zero-order chi connectivity index (χ0) is 13.4. The average molecular weight is 256 g/mol. The van der Waals surface area contributed by atoms with Crippen LogP contribution in [0.1, 0.15) is 39.5 Å². The van der Waals surface area contributed by atoms with E-state index in [9.17, 15) is 4.79 Å². The number of ether oxygens (including phenoxy) is 1. The molecule has 0 atom stereocenters. The van der Waals surface area contributed by atoms with Gasteiger partial charge < -0.3 is 9.64 Å². The summed E-state index contributed by atoms with van der Waals surface area (Å²) in [7, 11) is 1.46. The third-order valence-electron chi connectivity index (χ3n) is 3.68. The van der Waals surface area contributed by atoms with Crippen molar-refractivity contribution >= 4 is 5.97 Å². The Morgan fingerprint density at radius 3 is 2.22 bits per heavy atom. The predicted molar refractivity (Wildman–Crippen MR) is 73.6 cm³/mol. The SMILES string of the molecule is CCCN(CCC)C1CCN(CC(=O)OC)CC1. The molecule has 0 unspecified atom stereocenters. The summed E-state index contributed by atoms with van der Waals surface area (Å²) < 4.78 is 4.71. The number of hydrogen-bond acceptors (Lipinski definition) is 4. The minimum atomic E-state index is -0.118. The molecule has 0 bridgehead atoms. The van der Waals surface area contributed by atoms with E-state index in [1.165, 1.54) is 45.9 Å². The predicted octanol–water partition coefficient (Wildman–Crippen LogP) is 1.75. The molecule has 1 aliphatic heterocycles. The zero-order valence-electron chi connectivity index (χ0n) is 12.2. The van der Waals surface area contributed by atoms with Crippen molar-refractivity contribution in [3.63, 3.8) is 0 Å². The number of likely N-dealkylation sites (tertiary alicyclic amines) is 1. The largest absolute Gasteiger partial charge is 0.468 e. The van der Waals surface area contributed by atoms with Gasteiger partial charge in [-0.3, -0.25) is 9.69 Å². The van der Waals surface area contributed by atoms with Gasteiger partial charge in [-0.2, -0.15) is 0 Å². The number of rotatable bonds is 7. The van der Waals surface area contributed by atoms with Crippen molar-refractivity contribution < 1.29 is 9.53 Å². The number of nitrogens with zero attached hydrogens (tertiary/aromatic N) is 2. The van der Waals surface area contributed by atoms with Gasteiger partial charge in [0.25, 0.3) is 0 Å². The van der Waals surface area contributed by atoms with Gasteiger partial charge in [0.05, 0.1) is 13.7 Å². The van der Waals surface area contributed by atoms with Crippen LogP contribution in [0.4, 0.5) is 0 Å². The van der Waals surface area contributed by atoms with Gasteiger partial charge in [0, 0.05) is 19.1 Å². The van der Waals surface area contributed by atoms with Crippen LogP contribution in [0.25, 0.3) is 0 Å². The minimum Gasteiger partial charge on any atom is -0.468 e. The van der Waals surface area contributed by atoms with E-state index in [2.05, 4.69) is 23.6 Å². The van der Waals surface area contributed by atoms with Crippen LogP contribution in [0.3, 0.4) is 0 Å². The van der Waals surface area contributed by atoms with Crippen LogP contribution < -0.4 is 0 Å². The highest BCUT2D eigenvalue weighted by molar-refractivity contribution is 5.71. The maximum absolute atomic E-state index is 11.2. The highest BCUT2D eigenvalue weighted by Crippen LogP contribution is 2.17. The van der Waals surface area contributed by atoms with Crippen LogP contribution in [0, 0.1) is 0 Å². The second-order valence-corrected chi connectivity index (χ2v) is 5.12. The standard InChI is InChI=1S/C14H28N2O2/c1-4-8-16(9-5-2)13-6-10-15(11-7-13)12-14(17)18-3/h13H,4-12H2,1-3H3. The second kappa shape index (κ2) is 8.48. The van der Waals surface area contributed by atoms with Crippen molar-refractivity contribution in [2.75, 3.05) is 39.8 Å². The summed E-state index contributed by atoms with van der Waals surface area (Å²) in [6.45, 7) is 9.38. The van der Waals surface area contributed by atoms with Gasteiger partial charge in [-0.25, -0.2) is 0 Å². The van der Waals surface area contributed by atoms with E-state index in [0.29, 0.717) is 12.6 Å². The Morgan fingerprint density at radius 1 is 1.22 bits per heavy atom. The van der Waals surface area contributed by atoms with Crippen molar-refractivity contribution in [1.82, 2.24) is 9.80 Å². The molecule has 0 aromatic heterocycles. The van der Waals surface area contributed by atoms with Crippen LogP contribution >= 0.6 is 0 Å². The van der Waals surface area contributed by atoms with Gasteiger partial charge in [0.2, 0.25) is 0 Å². The molecule has 0 radical (unpaired) electrons. The van der Waals surface area contributed by atoms with Crippen LogP contribution in [0.2, 0.25) is 0 Å². The van der Waals surface area contributed by atoms with E-state index in [0.717, 1.165) is 13.1 Å². The average Bonchev–Trinajstić information content (AvgIpc) is 2.39. The lowest BCUT2D eigenvalue weighted by atomic mass is 10.0. The van der Waals surface area contributed by atoms with E-state index in [-0.39, 0.29) is 5.97 Å². The lowest BCUT2D eigenvalue weighted by Crippen LogP contribution is -2.46. The molecule has 0 N–H and O–H groups in total. The summed E-state index contributed by atoms with van der Waals surface area (Å²) in [5.74, 6) is -0.118. The molecular formula is C14H28N2O2. The highest BCUT2D eigenvalue weighted by atomic mass is 16.5. The van der Waals surface area contributed by atoms with Gasteiger partial charge in [-0.1, -0.05) is 13.8 Å². The van der Waals surface area contributed by atoms with Crippen molar-refractivity contribution in [2.24, 2.45) is 0 Å². The third-order valence-corrected chi connectivity index (χ3v) is 3.68. The summed E-state index contributed by atoms with van der Waals surface area (Å²) >= 11 is 0. The molecule has 4 heteroatoms. The fourth-order valence-electron chi connectivity index (χ4n) is 2.74. The molecule has 1 saturated heterocycles. The molecular weight excluding hydrogens is 228 g/mol. The quantitative estimate of drug-likeness (QED) is 0.650. The van der Waals surface area contributed by atoms with E-state index < -0.39 is 0 Å². The Morgan fingerprint density at radius 2 is 1.78 bits per heavy atom. The summed E-state index contributed by atoms with van der Waals surface area (Å²) in [5.41, 5.74) is 0. The normalized spacial score (nSPS) is 18.2. The van der Waals surface area contributed by atoms with E-state index in [1.54, 1.807) is 0 Å². The van der Waals surface area contributed by atoms with Crippen LogP contribution in [0.5, 0.6) is 0 Å². The molecule has 4 nitrogen and oxygen atoms in total. The highest BCUT2D eigenvalue weighted by Gasteiger charge is 2.24. The van der Waals surface area contributed by atoms with Crippen molar-refractivity contribution in [2.45, 2.75) is 45.6 Å². The fraction of sp³-hybridized carbons (Fsp3) is 0.929. The Labute approximate surface area is 111 Å². The number of piperidine rings is 1. The lowest BCUT2D eigenvalue weighted by Gasteiger charge is -2.38. The van der Waals surface area contributed by atoms with Crippen molar-refractivity contribution in [1.29, 1.82) is 0 Å². The fourth-order valence-corrected chi connectivity index (χ4v) is 2.74. The van der Waals surface area contributed by atoms with E-state index in [1.807, 2.05) is 0 Å². The number of esters is 1. The molecule has 1 heterocycles. The Balaban J connectivity index is 2.34. The van der Waals surface area contributed by atoms with Gasteiger partial charge in [0.1, 0.15) is 0 Å². The molecule has 0 aliphatic carbocycles. The number of carbonyl (C=O) groups is 1. The second-order valence-electron chi connectivity index (χ2n) is 5.12. The molecule has 1 rings (SSSR count). The summed E-state index contributed by atoms with van der Waals surface area (Å²) in [4.78, 5) is 16.1. The Bertz CT molecular complexity index is 232. The number of methoxy groups -OCH3 is 1. The van der Waals surface area contributed by atoms with Gasteiger partial charge >= 0.3 is 5.97 Å². The summed E-state index contributed by atoms with van der Waals surface area (Å²) in [6.07, 6.45) is 4.80. The first-order valence-corrected chi connectivity index (χ1v) is 7.24. The monoisotopic (exact) mass is 256 g/mol. The third kappa shape index (κ3) is 4.94. The molecule has 18 heavy (non-hydrogen) atoms. The minimum absolute atomic E-state index is 0.118. The maximum atomic E-state index is 11.2. The topological polar surface area (TPSA) is 32.8 Å². The Kier molecular flexibility index (Phi) is 7.28. The first-order chi connectivity index (χ1) is 8.71. The number of hydrogen-bond donors (Lipinski definition) is 0. The van der Waals surface area contributed by atoms with Gasteiger partial charge in [-0.15, -0.1) is 0 Å². The van der Waals surface area contributed by atoms with E-state index in [4.69, 9.17) is 4.74 Å². The molecule has 0 saturated carbocycles. The summed E-state index contributed by atoms with van der Waals surface area (Å²) in [6, 6.07) is 0.707. The van der Waals surface area contributed by atoms with Crippen LogP contribution in [0.15, 0.2) is 0 Å². The molecule has 0 spiro atoms. The first-order valence-electron chi connectivity index (χ1n) is 7.24. The maximum Gasteiger partial charge on any atom is 0.319 e. The first kappa shape index (κ1) is 15.4. The van der Waals surface area contributed by atoms with Crippen LogP contribution in [-0.4, -0.2) is 61.6 Å². The summed E-state index contributed by atoms with van der Waals surface area (Å²) in [5, 5.41) is 0. The van der Waals surface area contributed by atoms with Crippen molar-refractivity contribution in [3.05, 3.63) is 0 Å². The van der Waals surface area contributed by atoms with Crippen molar-refractivity contribution in [3.8, 4) is 0 Å². The molecule has 0 aromatic carbocycles. The zero-order valence-corrected chi connectivity index (χ0v) is 12.2. The molecule has 0 amide bonds. The van der Waals surface area contributed by atoms with Gasteiger partial charge in [0.15, 0.2) is 0 Å². The Hall–Kier alpha value is -0.610. The van der Waals surface area contributed by atoms with Gasteiger partial charge in [-0.05, 0) is 38.8 Å². The smallest absolute Gasteiger partial charge is 0.319 e. The lowest BCUT2D eigenvalue weighted by molar-refractivity contribution is -0.142. The van der Waals surface area contributed by atoms with Crippen LogP contribution in [-0.2, 0) is 9.53 Å².